The van der Waals surface area contributed by atoms with E-state index < -0.39 is 5.91 Å². The Kier molecular flexibility index (Phi) is 6.35. The Hall–Kier alpha value is -1.59. The van der Waals surface area contributed by atoms with E-state index in [1.165, 1.54) is 0 Å². The molecule has 0 spiro atoms. The van der Waals surface area contributed by atoms with Gasteiger partial charge in [0.15, 0.2) is 0 Å². The summed E-state index contributed by atoms with van der Waals surface area (Å²) in [6.07, 6.45) is 3.40. The van der Waals surface area contributed by atoms with E-state index in [1.54, 1.807) is 6.20 Å². The fourth-order valence-corrected chi connectivity index (χ4v) is 4.39. The number of halogens is 1. The van der Waals surface area contributed by atoms with Crippen LogP contribution in [0.25, 0.3) is 0 Å². The second-order valence-corrected chi connectivity index (χ2v) is 9.49. The summed E-state index contributed by atoms with van der Waals surface area (Å²) < 4.78 is 1.10. The van der Waals surface area contributed by atoms with Crippen molar-refractivity contribution >= 4 is 34.2 Å². The van der Waals surface area contributed by atoms with Gasteiger partial charge in [0.1, 0.15) is 11.6 Å². The summed E-state index contributed by atoms with van der Waals surface area (Å²) in [5.74, 6) is -0.392. The maximum Gasteiger partial charge on any atom is 0.267 e. The predicted octanol–water partition coefficient (Wildman–Crippen LogP) is 3.84. The number of carbonyl (C=O) groups is 1. The highest BCUT2D eigenvalue weighted by atomic mass is 127. The smallest absolute Gasteiger partial charge is 0.267 e. The SMILES string of the molecule is Cc1cc(I)ccc1NC(=O)/C(C#N)=C\NC1CC(C)(C)NC(C)(C)C1. The van der Waals surface area contributed by atoms with Crippen LogP contribution in [0.3, 0.4) is 0 Å². The van der Waals surface area contributed by atoms with Crippen LogP contribution in [0.4, 0.5) is 5.69 Å². The Labute approximate surface area is 169 Å². The van der Waals surface area contributed by atoms with E-state index in [1.807, 2.05) is 31.2 Å². The van der Waals surface area contributed by atoms with Crippen molar-refractivity contribution in [2.24, 2.45) is 0 Å². The van der Waals surface area contributed by atoms with Gasteiger partial charge in [-0.25, -0.2) is 0 Å². The van der Waals surface area contributed by atoms with E-state index in [4.69, 9.17) is 0 Å². The summed E-state index contributed by atoms with van der Waals surface area (Å²) >= 11 is 2.23. The lowest BCUT2D eigenvalue weighted by atomic mass is 9.80. The van der Waals surface area contributed by atoms with Gasteiger partial charge in [-0.2, -0.15) is 5.26 Å². The molecule has 1 aliphatic heterocycles. The van der Waals surface area contributed by atoms with Crippen molar-refractivity contribution in [3.8, 4) is 6.07 Å². The molecule has 1 aromatic rings. The zero-order valence-electron chi connectivity index (χ0n) is 16.0. The molecule has 6 heteroatoms. The predicted molar refractivity (Wildman–Crippen MR) is 114 cm³/mol. The maximum absolute atomic E-state index is 12.5. The Morgan fingerprint density at radius 2 is 1.92 bits per heavy atom. The van der Waals surface area contributed by atoms with Gasteiger partial charge in [0.05, 0.1) is 0 Å². The van der Waals surface area contributed by atoms with Gasteiger partial charge in [-0.15, -0.1) is 0 Å². The zero-order chi connectivity index (χ0) is 19.5. The van der Waals surface area contributed by atoms with E-state index in [-0.39, 0.29) is 22.7 Å². The molecule has 26 heavy (non-hydrogen) atoms. The Bertz CT molecular complexity index is 746. The lowest BCUT2D eigenvalue weighted by molar-refractivity contribution is -0.112. The summed E-state index contributed by atoms with van der Waals surface area (Å²) in [5.41, 5.74) is 1.77. The number of nitriles is 1. The molecule has 1 heterocycles. The molecule has 0 saturated carbocycles. The largest absolute Gasteiger partial charge is 0.387 e. The molecule has 1 aliphatic rings. The molecule has 0 aliphatic carbocycles. The van der Waals surface area contributed by atoms with Gasteiger partial charge in [0.2, 0.25) is 0 Å². The van der Waals surface area contributed by atoms with E-state index in [2.05, 4.69) is 66.2 Å². The molecule has 0 radical (unpaired) electrons. The summed E-state index contributed by atoms with van der Waals surface area (Å²) in [4.78, 5) is 12.5. The molecule has 3 N–H and O–H groups in total. The molecule has 5 nitrogen and oxygen atoms in total. The molecule has 140 valence electrons. The molecule has 1 aromatic carbocycles. The normalized spacial score (nSPS) is 19.5. The first-order valence-corrected chi connectivity index (χ1v) is 9.82. The summed E-state index contributed by atoms with van der Waals surface area (Å²) in [7, 11) is 0. The number of amides is 1. The van der Waals surface area contributed by atoms with Crippen LogP contribution in [0.2, 0.25) is 0 Å². The third-order valence-electron chi connectivity index (χ3n) is 4.46. The van der Waals surface area contributed by atoms with Gasteiger partial charge in [-0.05, 0) is 93.8 Å². The Morgan fingerprint density at radius 1 is 1.31 bits per heavy atom. The minimum Gasteiger partial charge on any atom is -0.387 e. The third-order valence-corrected chi connectivity index (χ3v) is 5.13. The number of aryl methyl sites for hydroxylation is 1. The van der Waals surface area contributed by atoms with Gasteiger partial charge >= 0.3 is 0 Å². The van der Waals surface area contributed by atoms with Gasteiger partial charge in [-0.1, -0.05) is 0 Å². The van der Waals surface area contributed by atoms with Crippen molar-refractivity contribution in [1.82, 2.24) is 10.6 Å². The number of piperidine rings is 1. The van der Waals surface area contributed by atoms with Crippen LogP contribution in [0.5, 0.6) is 0 Å². The van der Waals surface area contributed by atoms with Crippen LogP contribution in [0.15, 0.2) is 30.0 Å². The minimum atomic E-state index is -0.392. The van der Waals surface area contributed by atoms with E-state index in [9.17, 15) is 10.1 Å². The van der Waals surface area contributed by atoms with Crippen LogP contribution < -0.4 is 16.0 Å². The fourth-order valence-electron chi connectivity index (χ4n) is 3.75. The number of carbonyl (C=O) groups excluding carboxylic acids is 1. The maximum atomic E-state index is 12.5. The van der Waals surface area contributed by atoms with Gasteiger partial charge < -0.3 is 16.0 Å². The summed E-state index contributed by atoms with van der Waals surface area (Å²) in [6.45, 7) is 10.6. The van der Waals surface area contributed by atoms with Crippen molar-refractivity contribution < 1.29 is 4.79 Å². The van der Waals surface area contributed by atoms with Crippen LogP contribution in [-0.2, 0) is 4.79 Å². The standard InChI is InChI=1S/C20H27IN4O/c1-13-8-15(21)6-7-17(13)24-18(26)14(11-22)12-23-16-9-19(2,3)25-20(4,5)10-16/h6-8,12,16,23,25H,9-10H2,1-5H3,(H,24,26)/b14-12-. The molecule has 0 atom stereocenters. The highest BCUT2D eigenvalue weighted by Gasteiger charge is 2.37. The first kappa shape index (κ1) is 20.7. The average Bonchev–Trinajstić information content (AvgIpc) is 2.47. The molecule has 1 saturated heterocycles. The quantitative estimate of drug-likeness (QED) is 0.358. The zero-order valence-corrected chi connectivity index (χ0v) is 18.2. The minimum absolute atomic E-state index is 0.000612. The van der Waals surface area contributed by atoms with Crippen molar-refractivity contribution in [1.29, 1.82) is 5.26 Å². The number of hydrogen-bond acceptors (Lipinski definition) is 4. The van der Waals surface area contributed by atoms with Crippen molar-refractivity contribution in [3.05, 3.63) is 39.1 Å². The number of rotatable bonds is 4. The summed E-state index contributed by atoms with van der Waals surface area (Å²) in [6, 6.07) is 7.98. The summed E-state index contributed by atoms with van der Waals surface area (Å²) in [5, 5.41) is 19.1. The van der Waals surface area contributed by atoms with Crippen LogP contribution >= 0.6 is 22.6 Å². The Morgan fingerprint density at radius 3 is 2.46 bits per heavy atom. The fraction of sp³-hybridized carbons (Fsp3) is 0.500. The highest BCUT2D eigenvalue weighted by molar-refractivity contribution is 14.1. The molecular weight excluding hydrogens is 439 g/mol. The first-order valence-electron chi connectivity index (χ1n) is 8.74. The topological polar surface area (TPSA) is 77.0 Å². The van der Waals surface area contributed by atoms with Gasteiger partial charge in [0, 0.05) is 32.6 Å². The molecular formula is C20H27IN4O. The molecule has 1 fully saturated rings. The molecule has 0 unspecified atom stereocenters. The third kappa shape index (κ3) is 5.71. The van der Waals surface area contributed by atoms with Crippen molar-refractivity contribution in [2.75, 3.05) is 5.32 Å². The van der Waals surface area contributed by atoms with Crippen LogP contribution in [0.1, 0.15) is 46.1 Å². The van der Waals surface area contributed by atoms with E-state index >= 15 is 0 Å². The van der Waals surface area contributed by atoms with Crippen molar-refractivity contribution in [3.63, 3.8) is 0 Å². The first-order chi connectivity index (χ1) is 12.0. The number of benzene rings is 1. The van der Waals surface area contributed by atoms with E-state index in [0.717, 1.165) is 27.7 Å². The van der Waals surface area contributed by atoms with Gasteiger partial charge in [-0.3, -0.25) is 4.79 Å². The number of nitrogens with zero attached hydrogens (tertiary/aromatic N) is 1. The highest BCUT2D eigenvalue weighted by Crippen LogP contribution is 2.28. The second kappa shape index (κ2) is 7.97. The van der Waals surface area contributed by atoms with Crippen LogP contribution in [0, 0.1) is 21.8 Å². The average molecular weight is 466 g/mol. The number of hydrogen-bond donors (Lipinski definition) is 3. The monoisotopic (exact) mass is 466 g/mol. The molecule has 2 rings (SSSR count). The lowest BCUT2D eigenvalue weighted by Crippen LogP contribution is -2.61. The van der Waals surface area contributed by atoms with E-state index in [0.29, 0.717) is 0 Å². The lowest BCUT2D eigenvalue weighted by Gasteiger charge is -2.46. The molecule has 0 bridgehead atoms. The Balaban J connectivity index is 2.07. The number of nitrogens with one attached hydrogen (secondary N) is 3. The number of anilines is 1. The molecule has 0 aromatic heterocycles. The second-order valence-electron chi connectivity index (χ2n) is 8.25. The molecule has 1 amide bonds. The van der Waals surface area contributed by atoms with Crippen molar-refractivity contribution in [2.45, 2.75) is 64.6 Å². The van der Waals surface area contributed by atoms with Crippen LogP contribution in [-0.4, -0.2) is 23.0 Å². The van der Waals surface area contributed by atoms with Gasteiger partial charge in [0.25, 0.3) is 5.91 Å².